The van der Waals surface area contributed by atoms with Crippen LogP contribution >= 0.6 is 0 Å². The van der Waals surface area contributed by atoms with Gasteiger partial charge in [-0.3, -0.25) is 4.79 Å². The van der Waals surface area contributed by atoms with Crippen LogP contribution < -0.4 is 9.64 Å². The lowest BCUT2D eigenvalue weighted by Crippen LogP contribution is -2.48. The highest BCUT2D eigenvalue weighted by Crippen LogP contribution is 2.32. The van der Waals surface area contributed by atoms with E-state index in [-0.39, 0.29) is 5.91 Å². The molecule has 3 aromatic rings. The third-order valence-corrected chi connectivity index (χ3v) is 6.00. The van der Waals surface area contributed by atoms with Gasteiger partial charge >= 0.3 is 6.18 Å². The predicted molar refractivity (Wildman–Crippen MR) is 127 cm³/mol. The lowest BCUT2D eigenvalue weighted by molar-refractivity contribution is -0.137. The molecule has 0 N–H and O–H groups in total. The van der Waals surface area contributed by atoms with Crippen molar-refractivity contribution in [2.45, 2.75) is 19.4 Å². The van der Waals surface area contributed by atoms with Gasteiger partial charge in [-0.2, -0.15) is 13.2 Å². The van der Waals surface area contributed by atoms with Crippen molar-refractivity contribution in [3.8, 4) is 5.75 Å². The van der Waals surface area contributed by atoms with Gasteiger partial charge in [0.05, 0.1) is 25.9 Å². The third kappa shape index (κ3) is 6.14. The normalized spacial score (nSPS) is 14.2. The minimum absolute atomic E-state index is 0.124. The number of anilines is 1. The molecule has 0 bridgehead atoms. The molecule has 0 aromatic heterocycles. The van der Waals surface area contributed by atoms with Crippen LogP contribution in [0.4, 0.5) is 18.9 Å². The number of ether oxygens (including phenoxy) is 2. The zero-order valence-corrected chi connectivity index (χ0v) is 19.4. The number of halogens is 3. The quantitative estimate of drug-likeness (QED) is 0.451. The molecule has 1 amide bonds. The molecule has 35 heavy (non-hydrogen) atoms. The van der Waals surface area contributed by atoms with Crippen molar-refractivity contribution in [3.05, 3.63) is 95.1 Å². The largest absolute Gasteiger partial charge is 0.496 e. The lowest BCUT2D eigenvalue weighted by atomic mass is 10.1. The molecule has 1 saturated heterocycles. The van der Waals surface area contributed by atoms with Crippen LogP contribution in [0.25, 0.3) is 0 Å². The molecule has 1 aliphatic heterocycles. The van der Waals surface area contributed by atoms with E-state index in [1.165, 1.54) is 6.07 Å². The SMILES string of the molecule is COc1ccc(C(=O)N2CCN(c3cccc(C(F)(F)F)c3)CC2)cc1COCc1ccccc1. The number of hydrogen-bond acceptors (Lipinski definition) is 4. The highest BCUT2D eigenvalue weighted by atomic mass is 19.4. The summed E-state index contributed by atoms with van der Waals surface area (Å²) in [6, 6.07) is 20.4. The lowest BCUT2D eigenvalue weighted by Gasteiger charge is -2.36. The number of carbonyl (C=O) groups is 1. The third-order valence-electron chi connectivity index (χ3n) is 6.00. The van der Waals surface area contributed by atoms with Gasteiger partial charge in [0.15, 0.2) is 0 Å². The molecule has 5 nitrogen and oxygen atoms in total. The fourth-order valence-electron chi connectivity index (χ4n) is 4.11. The van der Waals surface area contributed by atoms with E-state index in [0.717, 1.165) is 23.3 Å². The van der Waals surface area contributed by atoms with Crippen molar-refractivity contribution >= 4 is 11.6 Å². The smallest absolute Gasteiger partial charge is 0.416 e. The van der Waals surface area contributed by atoms with Crippen LogP contribution in [-0.2, 0) is 24.1 Å². The Balaban J connectivity index is 1.38. The average Bonchev–Trinajstić information content (AvgIpc) is 2.88. The van der Waals surface area contributed by atoms with E-state index in [9.17, 15) is 18.0 Å². The first-order valence-electron chi connectivity index (χ1n) is 11.4. The first-order chi connectivity index (χ1) is 16.8. The van der Waals surface area contributed by atoms with Gasteiger partial charge in [0, 0.05) is 43.0 Å². The molecular formula is C27H27F3N2O3. The van der Waals surface area contributed by atoms with Gasteiger partial charge in [-0.15, -0.1) is 0 Å². The van der Waals surface area contributed by atoms with Crippen LogP contribution in [-0.4, -0.2) is 44.1 Å². The summed E-state index contributed by atoms with van der Waals surface area (Å²) in [5.41, 5.74) is 2.19. The first-order valence-corrected chi connectivity index (χ1v) is 11.4. The summed E-state index contributed by atoms with van der Waals surface area (Å²) in [5.74, 6) is 0.518. The highest BCUT2D eigenvalue weighted by molar-refractivity contribution is 5.94. The topological polar surface area (TPSA) is 42.0 Å². The molecule has 1 heterocycles. The maximum absolute atomic E-state index is 13.2. The molecule has 3 aromatic carbocycles. The van der Waals surface area contributed by atoms with E-state index in [2.05, 4.69) is 0 Å². The minimum atomic E-state index is -4.38. The molecule has 0 aliphatic carbocycles. The van der Waals surface area contributed by atoms with Crippen molar-refractivity contribution in [1.82, 2.24) is 4.90 Å². The second-order valence-corrected chi connectivity index (χ2v) is 8.33. The number of hydrogen-bond donors (Lipinski definition) is 0. The Hall–Kier alpha value is -3.52. The van der Waals surface area contributed by atoms with E-state index in [1.54, 1.807) is 36.3 Å². The van der Waals surface area contributed by atoms with Crippen LogP contribution in [0.15, 0.2) is 72.8 Å². The number of carbonyl (C=O) groups excluding carboxylic acids is 1. The van der Waals surface area contributed by atoms with Gasteiger partial charge in [-0.05, 0) is 42.0 Å². The standard InChI is InChI=1S/C27H27F3N2O3/c1-34-25-11-10-21(16-22(25)19-35-18-20-6-3-2-4-7-20)26(33)32-14-12-31(13-15-32)24-9-5-8-23(17-24)27(28,29)30/h2-11,16-17H,12-15,18-19H2,1H3. The average molecular weight is 485 g/mol. The summed E-state index contributed by atoms with van der Waals surface area (Å²) >= 11 is 0. The van der Waals surface area contributed by atoms with Gasteiger partial charge in [0.2, 0.25) is 0 Å². The summed E-state index contributed by atoms with van der Waals surface area (Å²) in [7, 11) is 1.57. The number of methoxy groups -OCH3 is 1. The number of benzene rings is 3. The monoisotopic (exact) mass is 484 g/mol. The Labute approximate surface area is 202 Å². The van der Waals surface area contributed by atoms with Crippen molar-refractivity contribution in [3.63, 3.8) is 0 Å². The number of nitrogens with zero attached hydrogens (tertiary/aromatic N) is 2. The molecule has 184 valence electrons. The van der Waals surface area contributed by atoms with Crippen molar-refractivity contribution < 1.29 is 27.4 Å². The molecule has 0 atom stereocenters. The van der Waals surface area contributed by atoms with Crippen LogP contribution in [0.1, 0.15) is 27.0 Å². The van der Waals surface area contributed by atoms with E-state index in [0.29, 0.717) is 56.4 Å². The maximum Gasteiger partial charge on any atom is 0.416 e. The fraction of sp³-hybridized carbons (Fsp3) is 0.296. The predicted octanol–water partition coefficient (Wildman–Crippen LogP) is 5.39. The first kappa shape index (κ1) is 24.6. The van der Waals surface area contributed by atoms with E-state index < -0.39 is 11.7 Å². The van der Waals surface area contributed by atoms with Crippen LogP contribution in [0.2, 0.25) is 0 Å². The second kappa shape index (κ2) is 10.8. The molecular weight excluding hydrogens is 457 g/mol. The molecule has 0 spiro atoms. The minimum Gasteiger partial charge on any atom is -0.496 e. The van der Waals surface area contributed by atoms with E-state index in [1.807, 2.05) is 35.2 Å². The molecule has 0 unspecified atom stereocenters. The Kier molecular flexibility index (Phi) is 7.60. The molecule has 0 radical (unpaired) electrons. The number of rotatable bonds is 7. The van der Waals surface area contributed by atoms with E-state index in [4.69, 9.17) is 9.47 Å². The summed E-state index contributed by atoms with van der Waals surface area (Å²) < 4.78 is 50.4. The Bertz CT molecular complexity index is 1140. The molecule has 0 saturated carbocycles. The Morgan fingerprint density at radius 2 is 1.63 bits per heavy atom. The van der Waals surface area contributed by atoms with Gasteiger partial charge < -0.3 is 19.3 Å². The Morgan fingerprint density at radius 1 is 0.886 bits per heavy atom. The zero-order valence-electron chi connectivity index (χ0n) is 19.4. The van der Waals surface area contributed by atoms with Gasteiger partial charge in [-0.25, -0.2) is 0 Å². The number of amides is 1. The second-order valence-electron chi connectivity index (χ2n) is 8.33. The van der Waals surface area contributed by atoms with Crippen molar-refractivity contribution in [2.24, 2.45) is 0 Å². The summed E-state index contributed by atoms with van der Waals surface area (Å²) in [5, 5.41) is 0. The van der Waals surface area contributed by atoms with Crippen LogP contribution in [0, 0.1) is 0 Å². The van der Waals surface area contributed by atoms with E-state index >= 15 is 0 Å². The maximum atomic E-state index is 13.2. The number of alkyl halides is 3. The van der Waals surface area contributed by atoms with Crippen LogP contribution in [0.3, 0.4) is 0 Å². The van der Waals surface area contributed by atoms with Crippen molar-refractivity contribution in [2.75, 3.05) is 38.2 Å². The van der Waals surface area contributed by atoms with Crippen molar-refractivity contribution in [1.29, 1.82) is 0 Å². The van der Waals surface area contributed by atoms with Gasteiger partial charge in [0.1, 0.15) is 5.75 Å². The number of piperazine rings is 1. The fourth-order valence-corrected chi connectivity index (χ4v) is 4.11. The summed E-state index contributed by atoms with van der Waals surface area (Å²) in [6.07, 6.45) is -4.38. The van der Waals surface area contributed by atoms with Gasteiger partial charge in [-0.1, -0.05) is 36.4 Å². The zero-order chi connectivity index (χ0) is 24.8. The van der Waals surface area contributed by atoms with Crippen LogP contribution in [0.5, 0.6) is 5.75 Å². The molecule has 1 aliphatic rings. The van der Waals surface area contributed by atoms with Gasteiger partial charge in [0.25, 0.3) is 5.91 Å². The molecule has 1 fully saturated rings. The molecule has 8 heteroatoms. The summed E-state index contributed by atoms with van der Waals surface area (Å²) in [6.45, 7) is 2.48. The summed E-state index contributed by atoms with van der Waals surface area (Å²) in [4.78, 5) is 16.7. The Morgan fingerprint density at radius 3 is 2.31 bits per heavy atom. The molecule has 4 rings (SSSR count). The highest BCUT2D eigenvalue weighted by Gasteiger charge is 2.31.